The molecule has 1 aromatic heterocycles. The lowest BCUT2D eigenvalue weighted by atomic mass is 10.3. The van der Waals surface area contributed by atoms with Crippen LogP contribution in [0.15, 0.2) is 30.5 Å². The van der Waals surface area contributed by atoms with Gasteiger partial charge in [0.1, 0.15) is 6.54 Å². The van der Waals surface area contributed by atoms with Crippen molar-refractivity contribution in [2.75, 3.05) is 5.32 Å². The fraction of sp³-hybridized carbons (Fsp3) is 0.0833. The van der Waals surface area contributed by atoms with Crippen LogP contribution in [0.25, 0.3) is 0 Å². The molecule has 0 atom stereocenters. The number of nitrogens with zero attached hydrogens (tertiary/aromatic N) is 2. The molecular weight excluding hydrogens is 272 g/mol. The molecule has 8 heteroatoms. The van der Waals surface area contributed by atoms with E-state index in [1.54, 1.807) is 0 Å². The van der Waals surface area contributed by atoms with Crippen molar-refractivity contribution in [2.45, 2.75) is 6.54 Å². The number of carbonyl (C=O) groups excluding carboxylic acids is 1. The highest BCUT2D eigenvalue weighted by Gasteiger charge is 2.12. The fourth-order valence-electron chi connectivity index (χ4n) is 1.48. The van der Waals surface area contributed by atoms with E-state index in [0.717, 1.165) is 16.8 Å². The van der Waals surface area contributed by atoms with Crippen LogP contribution in [0.5, 0.6) is 0 Å². The van der Waals surface area contributed by atoms with Crippen molar-refractivity contribution in [2.24, 2.45) is 0 Å². The van der Waals surface area contributed by atoms with Crippen molar-refractivity contribution < 1.29 is 23.5 Å². The van der Waals surface area contributed by atoms with Gasteiger partial charge in [-0.25, -0.2) is 8.78 Å². The van der Waals surface area contributed by atoms with E-state index in [2.05, 4.69) is 10.4 Å². The molecule has 20 heavy (non-hydrogen) atoms. The first kappa shape index (κ1) is 13.7. The van der Waals surface area contributed by atoms with Crippen LogP contribution in [-0.2, 0) is 11.3 Å². The zero-order chi connectivity index (χ0) is 14.7. The topological polar surface area (TPSA) is 84.2 Å². The van der Waals surface area contributed by atoms with E-state index in [0.29, 0.717) is 0 Å². The van der Waals surface area contributed by atoms with E-state index in [-0.39, 0.29) is 17.9 Å². The number of carboxylic acid groups (broad SMARTS) is 1. The second kappa shape index (κ2) is 5.47. The highest BCUT2D eigenvalue weighted by Crippen LogP contribution is 2.13. The summed E-state index contributed by atoms with van der Waals surface area (Å²) in [6, 6.07) is 4.23. The summed E-state index contributed by atoms with van der Waals surface area (Å²) in [6.07, 6.45) is 1.33. The number of halogens is 2. The molecule has 1 aromatic carbocycles. The lowest BCUT2D eigenvalue weighted by Gasteiger charge is -2.03. The van der Waals surface area contributed by atoms with Gasteiger partial charge in [0.05, 0.1) is 0 Å². The Morgan fingerprint density at radius 1 is 1.25 bits per heavy atom. The maximum Gasteiger partial charge on any atom is 0.325 e. The summed E-state index contributed by atoms with van der Waals surface area (Å²) >= 11 is 0. The number of hydrogen-bond donors (Lipinski definition) is 2. The quantitative estimate of drug-likeness (QED) is 0.889. The van der Waals surface area contributed by atoms with Gasteiger partial charge in [-0.1, -0.05) is 0 Å². The first-order chi connectivity index (χ1) is 9.45. The lowest BCUT2D eigenvalue weighted by Crippen LogP contribution is -2.15. The van der Waals surface area contributed by atoms with Crippen molar-refractivity contribution in [3.63, 3.8) is 0 Å². The molecule has 2 rings (SSSR count). The predicted octanol–water partition coefficient (Wildman–Crippen LogP) is 1.50. The third kappa shape index (κ3) is 3.16. The SMILES string of the molecule is O=C(O)Cn1ccc(C(=O)Nc2ccc(F)c(F)c2)n1. The van der Waals surface area contributed by atoms with Gasteiger partial charge in [-0.05, 0) is 18.2 Å². The molecule has 0 aliphatic rings. The number of amides is 1. The number of benzene rings is 1. The average Bonchev–Trinajstić information content (AvgIpc) is 2.81. The molecular formula is C12H9F2N3O3. The third-order valence-corrected chi connectivity index (χ3v) is 2.35. The molecule has 0 unspecified atom stereocenters. The number of aliphatic carboxylic acids is 1. The molecule has 2 N–H and O–H groups in total. The molecule has 6 nitrogen and oxygen atoms in total. The maximum atomic E-state index is 13.0. The molecule has 2 aromatic rings. The summed E-state index contributed by atoms with van der Waals surface area (Å²) in [6.45, 7) is -0.377. The van der Waals surface area contributed by atoms with Crippen LogP contribution < -0.4 is 5.32 Å². The molecule has 0 bridgehead atoms. The van der Waals surface area contributed by atoms with Crippen molar-refractivity contribution in [3.8, 4) is 0 Å². The first-order valence-corrected chi connectivity index (χ1v) is 5.47. The number of anilines is 1. The third-order valence-electron chi connectivity index (χ3n) is 2.35. The summed E-state index contributed by atoms with van der Waals surface area (Å²) in [5.41, 5.74) is 0.0395. The molecule has 0 fully saturated rings. The number of hydrogen-bond acceptors (Lipinski definition) is 3. The average molecular weight is 281 g/mol. The van der Waals surface area contributed by atoms with Gasteiger partial charge < -0.3 is 10.4 Å². The molecule has 0 spiro atoms. The van der Waals surface area contributed by atoms with E-state index < -0.39 is 23.5 Å². The summed E-state index contributed by atoms with van der Waals surface area (Å²) in [5, 5.41) is 14.6. The predicted molar refractivity (Wildman–Crippen MR) is 64.2 cm³/mol. The summed E-state index contributed by atoms with van der Waals surface area (Å²) in [5.74, 6) is -3.85. The number of carbonyl (C=O) groups is 2. The molecule has 0 radical (unpaired) electrons. The molecule has 0 aliphatic carbocycles. The normalized spacial score (nSPS) is 10.3. The largest absolute Gasteiger partial charge is 0.480 e. The summed E-state index contributed by atoms with van der Waals surface area (Å²) in [4.78, 5) is 22.2. The van der Waals surface area contributed by atoms with E-state index >= 15 is 0 Å². The summed E-state index contributed by atoms with van der Waals surface area (Å²) in [7, 11) is 0. The fourth-order valence-corrected chi connectivity index (χ4v) is 1.48. The van der Waals surface area contributed by atoms with E-state index in [1.807, 2.05) is 0 Å². The number of carboxylic acids is 1. The minimum atomic E-state index is -1.10. The number of nitrogens with one attached hydrogen (secondary N) is 1. The van der Waals surface area contributed by atoms with Gasteiger partial charge in [-0.2, -0.15) is 5.10 Å². The monoisotopic (exact) mass is 281 g/mol. The Bertz CT molecular complexity index is 670. The Morgan fingerprint density at radius 2 is 2.00 bits per heavy atom. The lowest BCUT2D eigenvalue weighted by molar-refractivity contribution is -0.137. The zero-order valence-electron chi connectivity index (χ0n) is 10.0. The van der Waals surface area contributed by atoms with Crippen molar-refractivity contribution >= 4 is 17.6 Å². The van der Waals surface area contributed by atoms with Gasteiger partial charge in [-0.15, -0.1) is 0 Å². The molecule has 1 heterocycles. The highest BCUT2D eigenvalue weighted by atomic mass is 19.2. The van der Waals surface area contributed by atoms with Crippen LogP contribution >= 0.6 is 0 Å². The van der Waals surface area contributed by atoms with Gasteiger partial charge in [0, 0.05) is 18.0 Å². The smallest absolute Gasteiger partial charge is 0.325 e. The Kier molecular flexibility index (Phi) is 3.74. The molecule has 1 amide bonds. The maximum absolute atomic E-state index is 13.0. The standard InChI is InChI=1S/C12H9F2N3O3/c13-8-2-1-7(5-9(8)14)15-12(20)10-3-4-17(16-10)6-11(18)19/h1-5H,6H2,(H,15,20)(H,18,19). The van der Waals surface area contributed by atoms with Crippen LogP contribution in [0, 0.1) is 11.6 Å². The minimum Gasteiger partial charge on any atom is -0.480 e. The van der Waals surface area contributed by atoms with E-state index in [1.165, 1.54) is 18.3 Å². The summed E-state index contributed by atoms with van der Waals surface area (Å²) < 4.78 is 26.8. The van der Waals surface area contributed by atoms with Crippen LogP contribution in [0.3, 0.4) is 0 Å². The van der Waals surface area contributed by atoms with Crippen LogP contribution in [-0.4, -0.2) is 26.8 Å². The van der Waals surface area contributed by atoms with E-state index in [9.17, 15) is 18.4 Å². The molecule has 0 aliphatic heterocycles. The second-order valence-corrected chi connectivity index (χ2v) is 3.88. The van der Waals surface area contributed by atoms with Crippen molar-refractivity contribution in [1.29, 1.82) is 0 Å². The van der Waals surface area contributed by atoms with Crippen molar-refractivity contribution in [3.05, 3.63) is 47.8 Å². The Labute approximate surface area is 111 Å². The van der Waals surface area contributed by atoms with Crippen LogP contribution in [0.2, 0.25) is 0 Å². The van der Waals surface area contributed by atoms with E-state index in [4.69, 9.17) is 5.11 Å². The Hall–Kier alpha value is -2.77. The minimum absolute atomic E-state index is 0.0315. The van der Waals surface area contributed by atoms with Gasteiger partial charge in [-0.3, -0.25) is 14.3 Å². The van der Waals surface area contributed by atoms with Crippen LogP contribution in [0.1, 0.15) is 10.5 Å². The molecule has 104 valence electrons. The van der Waals surface area contributed by atoms with Gasteiger partial charge >= 0.3 is 5.97 Å². The Morgan fingerprint density at radius 3 is 2.65 bits per heavy atom. The van der Waals surface area contributed by atoms with Gasteiger partial charge in [0.15, 0.2) is 17.3 Å². The zero-order valence-corrected chi connectivity index (χ0v) is 10.0. The van der Waals surface area contributed by atoms with Gasteiger partial charge in [0.2, 0.25) is 0 Å². The van der Waals surface area contributed by atoms with Crippen LogP contribution in [0.4, 0.5) is 14.5 Å². The van der Waals surface area contributed by atoms with Gasteiger partial charge in [0.25, 0.3) is 5.91 Å². The van der Waals surface area contributed by atoms with Crippen molar-refractivity contribution in [1.82, 2.24) is 9.78 Å². The second-order valence-electron chi connectivity index (χ2n) is 3.88. The number of rotatable bonds is 4. The number of aromatic nitrogens is 2. The molecule has 0 saturated heterocycles. The first-order valence-electron chi connectivity index (χ1n) is 5.47. The molecule has 0 saturated carbocycles. The highest BCUT2D eigenvalue weighted by molar-refractivity contribution is 6.02. The Balaban J connectivity index is 2.09.